The van der Waals surface area contributed by atoms with E-state index in [0.717, 1.165) is 33.9 Å². The van der Waals surface area contributed by atoms with Crippen molar-refractivity contribution in [2.45, 2.75) is 13.5 Å². The van der Waals surface area contributed by atoms with Gasteiger partial charge in [0.25, 0.3) is 0 Å². The van der Waals surface area contributed by atoms with Crippen LogP contribution in [-0.2, 0) is 6.61 Å². The van der Waals surface area contributed by atoms with E-state index in [1.165, 1.54) is 12.1 Å². The van der Waals surface area contributed by atoms with Gasteiger partial charge in [0.1, 0.15) is 24.0 Å². The molecule has 0 saturated carbocycles. The maximum Gasteiger partial charge on any atom is 0.138 e. The van der Waals surface area contributed by atoms with E-state index in [0.29, 0.717) is 17.4 Å². The smallest absolute Gasteiger partial charge is 0.138 e. The molecule has 0 amide bonds. The Bertz CT molecular complexity index is 1090. The third-order valence-corrected chi connectivity index (χ3v) is 4.68. The molecular weight excluding hydrogens is 375 g/mol. The molecule has 0 saturated heterocycles. The monoisotopic (exact) mass is 392 g/mol. The highest BCUT2D eigenvalue weighted by Gasteiger charge is 2.11. The van der Waals surface area contributed by atoms with Crippen LogP contribution in [0.5, 0.6) is 5.75 Å². The van der Waals surface area contributed by atoms with Crippen LogP contribution in [0.15, 0.2) is 72.8 Å². The van der Waals surface area contributed by atoms with Crippen LogP contribution in [0.25, 0.3) is 22.6 Å². The SMILES string of the molecule is Cc1[nH]c(-c2ccc(OCc3cccc(F)c3)cc2)nc1-c1ccc(Cl)cc1. The summed E-state index contributed by atoms with van der Waals surface area (Å²) >= 11 is 5.97. The third kappa shape index (κ3) is 4.07. The van der Waals surface area contributed by atoms with Crippen molar-refractivity contribution in [1.29, 1.82) is 0 Å². The Morgan fingerprint density at radius 2 is 1.68 bits per heavy atom. The van der Waals surface area contributed by atoms with Crippen LogP contribution >= 0.6 is 11.6 Å². The maximum atomic E-state index is 13.2. The van der Waals surface area contributed by atoms with Crippen LogP contribution < -0.4 is 4.74 Å². The minimum absolute atomic E-state index is 0.263. The largest absolute Gasteiger partial charge is 0.489 e. The molecule has 0 atom stereocenters. The first-order valence-electron chi connectivity index (χ1n) is 8.89. The van der Waals surface area contributed by atoms with Crippen LogP contribution in [0.3, 0.4) is 0 Å². The fraction of sp³-hybridized carbons (Fsp3) is 0.0870. The molecule has 0 unspecified atom stereocenters. The molecule has 140 valence electrons. The van der Waals surface area contributed by atoms with Crippen molar-refractivity contribution in [3.8, 4) is 28.4 Å². The summed E-state index contributed by atoms with van der Waals surface area (Å²) in [5.74, 6) is 1.24. The Kier molecular flexibility index (Phi) is 5.13. The van der Waals surface area contributed by atoms with E-state index < -0.39 is 0 Å². The first-order chi connectivity index (χ1) is 13.6. The Balaban J connectivity index is 1.49. The normalized spacial score (nSPS) is 10.8. The van der Waals surface area contributed by atoms with Gasteiger partial charge in [-0.25, -0.2) is 9.37 Å². The van der Waals surface area contributed by atoms with Gasteiger partial charge in [0.2, 0.25) is 0 Å². The van der Waals surface area contributed by atoms with E-state index in [1.807, 2.05) is 61.5 Å². The zero-order chi connectivity index (χ0) is 19.5. The quantitative estimate of drug-likeness (QED) is 0.425. The van der Waals surface area contributed by atoms with E-state index >= 15 is 0 Å². The van der Waals surface area contributed by atoms with Gasteiger partial charge in [0.15, 0.2) is 0 Å². The number of aromatic nitrogens is 2. The predicted octanol–water partition coefficient (Wildman–Crippen LogP) is 6.42. The molecule has 0 bridgehead atoms. The Labute approximate surface area is 167 Å². The summed E-state index contributed by atoms with van der Waals surface area (Å²) < 4.78 is 19.0. The highest BCUT2D eigenvalue weighted by molar-refractivity contribution is 6.30. The summed E-state index contributed by atoms with van der Waals surface area (Å²) in [6, 6.07) is 21.7. The van der Waals surface area contributed by atoms with Crippen molar-refractivity contribution in [2.24, 2.45) is 0 Å². The topological polar surface area (TPSA) is 37.9 Å². The van der Waals surface area contributed by atoms with Crippen LogP contribution in [0.2, 0.25) is 5.02 Å². The van der Waals surface area contributed by atoms with E-state index in [1.54, 1.807) is 6.07 Å². The number of nitrogens with zero attached hydrogens (tertiary/aromatic N) is 1. The molecule has 5 heteroatoms. The molecule has 0 radical (unpaired) electrons. The Morgan fingerprint density at radius 3 is 2.39 bits per heavy atom. The first kappa shape index (κ1) is 18.3. The van der Waals surface area contributed by atoms with E-state index in [-0.39, 0.29) is 5.82 Å². The van der Waals surface area contributed by atoms with Crippen LogP contribution in [0.1, 0.15) is 11.3 Å². The molecule has 0 spiro atoms. The van der Waals surface area contributed by atoms with Gasteiger partial charge in [0.05, 0.1) is 5.69 Å². The van der Waals surface area contributed by atoms with Crippen LogP contribution in [0.4, 0.5) is 4.39 Å². The van der Waals surface area contributed by atoms with Crippen molar-refractivity contribution < 1.29 is 9.13 Å². The number of aromatic amines is 1. The summed E-state index contributed by atoms with van der Waals surface area (Å²) in [7, 11) is 0. The molecule has 1 aromatic heterocycles. The summed E-state index contributed by atoms with van der Waals surface area (Å²) in [5, 5.41) is 0.700. The molecule has 3 nitrogen and oxygen atoms in total. The van der Waals surface area contributed by atoms with Gasteiger partial charge in [-0.2, -0.15) is 0 Å². The first-order valence-corrected chi connectivity index (χ1v) is 9.26. The fourth-order valence-corrected chi connectivity index (χ4v) is 3.11. The minimum Gasteiger partial charge on any atom is -0.489 e. The summed E-state index contributed by atoms with van der Waals surface area (Å²) in [6.45, 7) is 2.31. The molecule has 0 aliphatic heterocycles. The van der Waals surface area contributed by atoms with Gasteiger partial charge in [-0.05, 0) is 61.0 Å². The number of rotatable bonds is 5. The van der Waals surface area contributed by atoms with Gasteiger partial charge < -0.3 is 9.72 Å². The minimum atomic E-state index is -0.263. The van der Waals surface area contributed by atoms with Gasteiger partial charge in [-0.1, -0.05) is 35.9 Å². The number of ether oxygens (including phenoxy) is 1. The predicted molar refractivity (Wildman–Crippen MR) is 110 cm³/mol. The lowest BCUT2D eigenvalue weighted by Crippen LogP contribution is -1.95. The third-order valence-electron chi connectivity index (χ3n) is 4.42. The molecule has 1 heterocycles. The van der Waals surface area contributed by atoms with Crippen molar-refractivity contribution in [1.82, 2.24) is 9.97 Å². The second kappa shape index (κ2) is 7.87. The number of halogens is 2. The lowest BCUT2D eigenvalue weighted by molar-refractivity contribution is 0.305. The standard InChI is InChI=1S/C23H18ClFN2O/c1-15-22(17-5-9-19(24)10-6-17)27-23(26-15)18-7-11-21(12-8-18)28-14-16-3-2-4-20(25)13-16/h2-13H,14H2,1H3,(H,26,27). The van der Waals surface area contributed by atoms with Crippen molar-refractivity contribution in [3.63, 3.8) is 0 Å². The lowest BCUT2D eigenvalue weighted by Gasteiger charge is -2.07. The van der Waals surface area contributed by atoms with Crippen molar-refractivity contribution in [3.05, 3.63) is 94.9 Å². The molecule has 1 N–H and O–H groups in total. The molecule has 0 aliphatic rings. The average Bonchev–Trinajstić information content (AvgIpc) is 3.09. The zero-order valence-corrected chi connectivity index (χ0v) is 16.0. The van der Waals surface area contributed by atoms with Gasteiger partial charge in [0, 0.05) is 21.8 Å². The second-order valence-electron chi connectivity index (χ2n) is 6.51. The number of hydrogen-bond donors (Lipinski definition) is 1. The van der Waals surface area contributed by atoms with Crippen molar-refractivity contribution in [2.75, 3.05) is 0 Å². The second-order valence-corrected chi connectivity index (χ2v) is 6.95. The van der Waals surface area contributed by atoms with E-state index in [4.69, 9.17) is 21.3 Å². The summed E-state index contributed by atoms with van der Waals surface area (Å²) in [4.78, 5) is 8.06. The van der Waals surface area contributed by atoms with Crippen LogP contribution in [-0.4, -0.2) is 9.97 Å². The molecule has 0 fully saturated rings. The van der Waals surface area contributed by atoms with E-state index in [9.17, 15) is 4.39 Å². The number of aryl methyl sites for hydroxylation is 1. The maximum absolute atomic E-state index is 13.2. The molecule has 3 aromatic carbocycles. The highest BCUT2D eigenvalue weighted by atomic mass is 35.5. The van der Waals surface area contributed by atoms with E-state index in [2.05, 4.69) is 4.98 Å². The number of hydrogen-bond acceptors (Lipinski definition) is 2. The van der Waals surface area contributed by atoms with Gasteiger partial charge >= 0.3 is 0 Å². The average molecular weight is 393 g/mol. The van der Waals surface area contributed by atoms with Crippen molar-refractivity contribution >= 4 is 11.6 Å². The number of nitrogens with one attached hydrogen (secondary N) is 1. The molecule has 0 aliphatic carbocycles. The lowest BCUT2D eigenvalue weighted by atomic mass is 10.1. The summed E-state index contributed by atoms with van der Waals surface area (Å²) in [5.41, 5.74) is 4.65. The molecule has 4 aromatic rings. The molecule has 28 heavy (non-hydrogen) atoms. The number of benzene rings is 3. The molecule has 4 rings (SSSR count). The highest BCUT2D eigenvalue weighted by Crippen LogP contribution is 2.27. The van der Waals surface area contributed by atoms with Gasteiger partial charge in [-0.3, -0.25) is 0 Å². The fourth-order valence-electron chi connectivity index (χ4n) is 2.99. The number of H-pyrrole nitrogens is 1. The Hall–Kier alpha value is -3.11. The molecular formula is C23H18ClFN2O. The summed E-state index contributed by atoms with van der Waals surface area (Å²) in [6.07, 6.45) is 0. The van der Waals surface area contributed by atoms with Crippen LogP contribution in [0, 0.1) is 12.7 Å². The zero-order valence-electron chi connectivity index (χ0n) is 15.2. The van der Waals surface area contributed by atoms with Gasteiger partial charge in [-0.15, -0.1) is 0 Å². The Morgan fingerprint density at radius 1 is 0.964 bits per heavy atom. The number of imidazole rings is 1.